The monoisotopic (exact) mass is 429 g/mol. The number of hydrogen-bond donors (Lipinski definition) is 1. The van der Waals surface area contributed by atoms with Gasteiger partial charge in [-0.3, -0.25) is 9.59 Å². The number of hydrogen-bond acceptors (Lipinski definition) is 4. The summed E-state index contributed by atoms with van der Waals surface area (Å²) >= 11 is 0. The highest BCUT2D eigenvalue weighted by atomic mass is 32.2. The lowest BCUT2D eigenvalue weighted by Gasteiger charge is -2.34. The standard InChI is InChI=1S/C22H27N3O4S/c1-16-4-8-20(9-5-16)30(28,29)25-12-10-24(11-13-25)21(26)15-23-22(27)19-7-6-17(2)18(3)14-19/h4-9,14H,10-13,15H2,1-3H3,(H,23,27). The van der Waals surface area contributed by atoms with Gasteiger partial charge < -0.3 is 10.2 Å². The van der Waals surface area contributed by atoms with Gasteiger partial charge in [-0.15, -0.1) is 0 Å². The van der Waals surface area contributed by atoms with E-state index in [1.807, 2.05) is 26.8 Å². The van der Waals surface area contributed by atoms with Gasteiger partial charge in [0.15, 0.2) is 0 Å². The predicted molar refractivity (Wildman–Crippen MR) is 115 cm³/mol. The van der Waals surface area contributed by atoms with E-state index in [4.69, 9.17) is 0 Å². The van der Waals surface area contributed by atoms with Crippen molar-refractivity contribution in [3.05, 3.63) is 64.7 Å². The van der Waals surface area contributed by atoms with Crippen molar-refractivity contribution in [1.82, 2.24) is 14.5 Å². The van der Waals surface area contributed by atoms with Crippen molar-refractivity contribution in [2.45, 2.75) is 25.7 Å². The molecule has 0 saturated carbocycles. The molecule has 8 heteroatoms. The first kappa shape index (κ1) is 22.0. The molecule has 0 aliphatic carbocycles. The van der Waals surface area contributed by atoms with Gasteiger partial charge in [-0.25, -0.2) is 8.42 Å². The highest BCUT2D eigenvalue weighted by Gasteiger charge is 2.30. The number of aryl methyl sites for hydroxylation is 3. The summed E-state index contributed by atoms with van der Waals surface area (Å²) in [6, 6.07) is 12.1. The van der Waals surface area contributed by atoms with Gasteiger partial charge in [0.2, 0.25) is 15.9 Å². The zero-order valence-electron chi connectivity index (χ0n) is 17.5. The number of piperazine rings is 1. The smallest absolute Gasteiger partial charge is 0.251 e. The van der Waals surface area contributed by atoms with Crippen LogP contribution < -0.4 is 5.32 Å². The van der Waals surface area contributed by atoms with Gasteiger partial charge in [0, 0.05) is 31.7 Å². The van der Waals surface area contributed by atoms with Crippen LogP contribution in [0.2, 0.25) is 0 Å². The SMILES string of the molecule is Cc1ccc(S(=O)(=O)N2CCN(C(=O)CNC(=O)c3ccc(C)c(C)c3)CC2)cc1. The first-order chi connectivity index (χ1) is 14.2. The van der Waals surface area contributed by atoms with E-state index in [1.54, 1.807) is 41.3 Å². The molecule has 3 rings (SSSR count). The Bertz CT molecular complexity index is 1040. The van der Waals surface area contributed by atoms with Crippen molar-refractivity contribution in [2.24, 2.45) is 0 Å². The third kappa shape index (κ3) is 4.88. The lowest BCUT2D eigenvalue weighted by molar-refractivity contribution is -0.131. The lowest BCUT2D eigenvalue weighted by atomic mass is 10.1. The molecule has 7 nitrogen and oxygen atoms in total. The van der Waals surface area contributed by atoms with Crippen molar-refractivity contribution in [3.8, 4) is 0 Å². The Morgan fingerprint density at radius 1 is 0.900 bits per heavy atom. The van der Waals surface area contributed by atoms with Crippen molar-refractivity contribution in [2.75, 3.05) is 32.7 Å². The van der Waals surface area contributed by atoms with Crippen LogP contribution >= 0.6 is 0 Å². The molecule has 1 aliphatic heterocycles. The fourth-order valence-corrected chi connectivity index (χ4v) is 4.71. The van der Waals surface area contributed by atoms with E-state index in [-0.39, 0.29) is 36.3 Å². The molecule has 0 radical (unpaired) electrons. The molecule has 30 heavy (non-hydrogen) atoms. The summed E-state index contributed by atoms with van der Waals surface area (Å²) in [6.07, 6.45) is 0. The molecular formula is C22H27N3O4S. The second kappa shape index (κ2) is 8.97. The van der Waals surface area contributed by atoms with Gasteiger partial charge >= 0.3 is 0 Å². The number of nitrogens with one attached hydrogen (secondary N) is 1. The van der Waals surface area contributed by atoms with E-state index < -0.39 is 10.0 Å². The minimum absolute atomic E-state index is 0.115. The summed E-state index contributed by atoms with van der Waals surface area (Å²) < 4.78 is 26.9. The number of rotatable bonds is 5. The Balaban J connectivity index is 1.53. The molecule has 2 aromatic rings. The average Bonchev–Trinajstić information content (AvgIpc) is 2.74. The zero-order chi connectivity index (χ0) is 21.9. The predicted octanol–water partition coefficient (Wildman–Crippen LogP) is 1.87. The van der Waals surface area contributed by atoms with Crippen molar-refractivity contribution in [1.29, 1.82) is 0 Å². The van der Waals surface area contributed by atoms with Crippen LogP contribution in [0.4, 0.5) is 0 Å². The Kier molecular flexibility index (Phi) is 6.58. The quantitative estimate of drug-likeness (QED) is 0.786. The molecule has 0 unspecified atom stereocenters. The minimum atomic E-state index is -3.57. The van der Waals surface area contributed by atoms with Crippen LogP contribution in [0.25, 0.3) is 0 Å². The maximum Gasteiger partial charge on any atom is 0.251 e. The van der Waals surface area contributed by atoms with Crippen LogP contribution in [0.1, 0.15) is 27.0 Å². The molecule has 0 bridgehead atoms. The first-order valence-corrected chi connectivity index (χ1v) is 11.3. The molecule has 1 N–H and O–H groups in total. The van der Waals surface area contributed by atoms with E-state index in [2.05, 4.69) is 5.32 Å². The van der Waals surface area contributed by atoms with Crippen molar-refractivity contribution >= 4 is 21.8 Å². The van der Waals surface area contributed by atoms with Gasteiger partial charge in [-0.1, -0.05) is 23.8 Å². The molecule has 1 fully saturated rings. The van der Waals surface area contributed by atoms with E-state index in [1.165, 1.54) is 4.31 Å². The molecule has 1 saturated heterocycles. The Labute approximate surface area is 177 Å². The third-order valence-corrected chi connectivity index (χ3v) is 7.33. The molecule has 1 heterocycles. The molecule has 0 spiro atoms. The summed E-state index contributed by atoms with van der Waals surface area (Å²) in [6.45, 7) is 6.74. The van der Waals surface area contributed by atoms with E-state index in [9.17, 15) is 18.0 Å². The second-order valence-electron chi connectivity index (χ2n) is 7.58. The van der Waals surface area contributed by atoms with E-state index in [0.29, 0.717) is 18.7 Å². The Hall–Kier alpha value is -2.71. The second-order valence-corrected chi connectivity index (χ2v) is 9.52. The molecule has 2 aromatic carbocycles. The molecule has 0 aromatic heterocycles. The van der Waals surface area contributed by atoms with Crippen LogP contribution in [0.5, 0.6) is 0 Å². The van der Waals surface area contributed by atoms with Crippen LogP contribution in [0, 0.1) is 20.8 Å². The normalized spacial score (nSPS) is 15.1. The van der Waals surface area contributed by atoms with Crippen LogP contribution in [-0.2, 0) is 14.8 Å². The largest absolute Gasteiger partial charge is 0.343 e. The summed E-state index contributed by atoms with van der Waals surface area (Å²) in [4.78, 5) is 26.6. The van der Waals surface area contributed by atoms with Gasteiger partial charge in [0.05, 0.1) is 11.4 Å². The van der Waals surface area contributed by atoms with E-state index >= 15 is 0 Å². The van der Waals surface area contributed by atoms with Gasteiger partial charge in [-0.05, 0) is 56.2 Å². The summed E-state index contributed by atoms with van der Waals surface area (Å²) in [5.41, 5.74) is 3.62. The summed E-state index contributed by atoms with van der Waals surface area (Å²) in [5, 5.41) is 2.65. The van der Waals surface area contributed by atoms with Crippen LogP contribution in [0.15, 0.2) is 47.4 Å². The maximum atomic E-state index is 12.8. The highest BCUT2D eigenvalue weighted by molar-refractivity contribution is 7.89. The Morgan fingerprint density at radius 3 is 2.13 bits per heavy atom. The average molecular weight is 430 g/mol. The van der Waals surface area contributed by atoms with Crippen LogP contribution in [-0.4, -0.2) is 62.2 Å². The number of nitrogens with zero attached hydrogens (tertiary/aromatic N) is 2. The molecule has 0 atom stereocenters. The molecule has 160 valence electrons. The molecular weight excluding hydrogens is 402 g/mol. The Morgan fingerprint density at radius 2 is 1.53 bits per heavy atom. The third-order valence-electron chi connectivity index (χ3n) is 5.42. The number of sulfonamides is 1. The van der Waals surface area contributed by atoms with Crippen molar-refractivity contribution in [3.63, 3.8) is 0 Å². The lowest BCUT2D eigenvalue weighted by Crippen LogP contribution is -2.52. The fourth-order valence-electron chi connectivity index (χ4n) is 3.29. The summed E-state index contributed by atoms with van der Waals surface area (Å²) in [5.74, 6) is -0.522. The number of carbonyl (C=O) groups is 2. The number of carbonyl (C=O) groups excluding carboxylic acids is 2. The highest BCUT2D eigenvalue weighted by Crippen LogP contribution is 2.18. The maximum absolute atomic E-state index is 12.8. The van der Waals surface area contributed by atoms with Crippen LogP contribution in [0.3, 0.4) is 0 Å². The molecule has 2 amide bonds. The first-order valence-electron chi connectivity index (χ1n) is 9.88. The minimum Gasteiger partial charge on any atom is -0.343 e. The number of benzene rings is 2. The zero-order valence-corrected chi connectivity index (χ0v) is 18.3. The van der Waals surface area contributed by atoms with Gasteiger partial charge in [0.1, 0.15) is 0 Å². The topological polar surface area (TPSA) is 86.8 Å². The van der Waals surface area contributed by atoms with E-state index in [0.717, 1.165) is 16.7 Å². The fraction of sp³-hybridized carbons (Fsp3) is 0.364. The summed E-state index contributed by atoms with van der Waals surface area (Å²) in [7, 11) is -3.57. The van der Waals surface area contributed by atoms with Gasteiger partial charge in [-0.2, -0.15) is 4.31 Å². The van der Waals surface area contributed by atoms with Crippen molar-refractivity contribution < 1.29 is 18.0 Å². The molecule has 1 aliphatic rings. The number of amides is 2. The van der Waals surface area contributed by atoms with Gasteiger partial charge in [0.25, 0.3) is 5.91 Å².